The maximum Gasteiger partial charge on any atom is 0.307 e. The first kappa shape index (κ1) is 15.0. The zero-order valence-electron chi connectivity index (χ0n) is 12.3. The van der Waals surface area contributed by atoms with Gasteiger partial charge >= 0.3 is 5.97 Å². The zero-order valence-corrected chi connectivity index (χ0v) is 13.1. The van der Waals surface area contributed by atoms with Crippen molar-refractivity contribution in [1.82, 2.24) is 5.32 Å². The summed E-state index contributed by atoms with van der Waals surface area (Å²) in [6, 6.07) is 4.16. The number of amides is 1. The van der Waals surface area contributed by atoms with Gasteiger partial charge in [0, 0.05) is 22.2 Å². The molecule has 0 aliphatic heterocycles. The second kappa shape index (κ2) is 5.20. The van der Waals surface area contributed by atoms with Crippen LogP contribution in [0, 0.1) is 24.2 Å². The van der Waals surface area contributed by atoms with Crippen LogP contribution >= 0.6 is 11.3 Å². The van der Waals surface area contributed by atoms with Crippen molar-refractivity contribution in [1.29, 1.82) is 0 Å². The molecule has 4 nitrogen and oxygen atoms in total. The van der Waals surface area contributed by atoms with Crippen LogP contribution in [-0.4, -0.2) is 23.0 Å². The first-order valence-electron chi connectivity index (χ1n) is 6.82. The van der Waals surface area contributed by atoms with Gasteiger partial charge in [0.05, 0.1) is 11.8 Å². The molecule has 1 fully saturated rings. The fourth-order valence-electron chi connectivity index (χ4n) is 2.87. The maximum atomic E-state index is 12.2. The van der Waals surface area contributed by atoms with Gasteiger partial charge in [0.25, 0.3) is 0 Å². The van der Waals surface area contributed by atoms with Crippen LogP contribution in [0.5, 0.6) is 0 Å². The van der Waals surface area contributed by atoms with Gasteiger partial charge < -0.3 is 10.4 Å². The quantitative estimate of drug-likeness (QED) is 0.877. The highest BCUT2D eigenvalue weighted by molar-refractivity contribution is 7.11. The first-order chi connectivity index (χ1) is 9.23. The second-order valence-corrected chi connectivity index (χ2v) is 7.61. The number of carboxylic acid groups (broad SMARTS) is 1. The Morgan fingerprint density at radius 1 is 1.40 bits per heavy atom. The van der Waals surface area contributed by atoms with Crippen molar-refractivity contribution >= 4 is 23.2 Å². The Kier molecular flexibility index (Phi) is 3.91. The molecule has 20 heavy (non-hydrogen) atoms. The van der Waals surface area contributed by atoms with Gasteiger partial charge in [0.1, 0.15) is 0 Å². The van der Waals surface area contributed by atoms with E-state index in [9.17, 15) is 9.59 Å². The highest BCUT2D eigenvalue weighted by Crippen LogP contribution is 2.58. The number of aliphatic carboxylic acids is 1. The van der Waals surface area contributed by atoms with E-state index in [-0.39, 0.29) is 11.9 Å². The Morgan fingerprint density at radius 3 is 2.50 bits per heavy atom. The minimum absolute atomic E-state index is 0.0198. The molecule has 1 amide bonds. The molecule has 1 aromatic heterocycles. The highest BCUT2D eigenvalue weighted by atomic mass is 32.1. The minimum atomic E-state index is -0.878. The molecule has 1 unspecified atom stereocenters. The topological polar surface area (TPSA) is 66.4 Å². The second-order valence-electron chi connectivity index (χ2n) is 6.24. The van der Waals surface area contributed by atoms with Gasteiger partial charge in [0.15, 0.2) is 0 Å². The highest BCUT2D eigenvalue weighted by Gasteiger charge is 2.65. The lowest BCUT2D eigenvalue weighted by atomic mass is 10.1. The zero-order chi connectivity index (χ0) is 15.1. The summed E-state index contributed by atoms with van der Waals surface area (Å²) in [7, 11) is 0. The van der Waals surface area contributed by atoms with E-state index in [2.05, 4.69) is 24.4 Å². The van der Waals surface area contributed by atoms with E-state index in [1.165, 1.54) is 9.75 Å². The van der Waals surface area contributed by atoms with Gasteiger partial charge in [-0.3, -0.25) is 9.59 Å². The first-order valence-corrected chi connectivity index (χ1v) is 7.63. The van der Waals surface area contributed by atoms with Crippen LogP contribution in [0.25, 0.3) is 0 Å². The fourth-order valence-corrected chi connectivity index (χ4v) is 3.89. The average molecular weight is 295 g/mol. The summed E-state index contributed by atoms with van der Waals surface area (Å²) >= 11 is 1.73. The molecule has 0 bridgehead atoms. The third-order valence-electron chi connectivity index (χ3n) is 4.07. The van der Waals surface area contributed by atoms with Gasteiger partial charge in [-0.1, -0.05) is 13.8 Å². The predicted molar refractivity (Wildman–Crippen MR) is 78.8 cm³/mol. The standard InChI is InChI=1S/C15H21NO3S/c1-8(7-10-6-5-9(2)20-10)16-13(17)11-12(14(18)19)15(11,3)4/h5-6,8,11-12H,7H2,1-4H3,(H,16,17)(H,18,19)/t8?,11-,12+/m0/s1. The van der Waals surface area contributed by atoms with Crippen LogP contribution in [-0.2, 0) is 16.0 Å². The van der Waals surface area contributed by atoms with Crippen LogP contribution in [0.4, 0.5) is 0 Å². The van der Waals surface area contributed by atoms with Crippen molar-refractivity contribution in [2.24, 2.45) is 17.3 Å². The van der Waals surface area contributed by atoms with Crippen molar-refractivity contribution < 1.29 is 14.7 Å². The fraction of sp³-hybridized carbons (Fsp3) is 0.600. The lowest BCUT2D eigenvalue weighted by Crippen LogP contribution is -2.36. The number of carbonyl (C=O) groups excluding carboxylic acids is 1. The molecule has 110 valence electrons. The molecule has 1 aromatic rings. The predicted octanol–water partition coefficient (Wildman–Crippen LogP) is 2.46. The number of carboxylic acids is 1. The third-order valence-corrected chi connectivity index (χ3v) is 5.09. The molecule has 3 atom stereocenters. The normalized spacial score (nSPS) is 25.0. The largest absolute Gasteiger partial charge is 0.481 e. The summed E-state index contributed by atoms with van der Waals surface area (Å²) in [5, 5.41) is 12.0. The van der Waals surface area contributed by atoms with Crippen LogP contribution in [0.1, 0.15) is 30.5 Å². The molecule has 1 aliphatic rings. The van der Waals surface area contributed by atoms with E-state index < -0.39 is 23.2 Å². The SMILES string of the molecule is Cc1ccc(CC(C)NC(=O)[C@@H]2[C@H](C(=O)O)C2(C)C)s1. The summed E-state index contributed by atoms with van der Waals surface area (Å²) in [6.45, 7) is 7.69. The lowest BCUT2D eigenvalue weighted by Gasteiger charge is -2.13. The van der Waals surface area contributed by atoms with E-state index >= 15 is 0 Å². The van der Waals surface area contributed by atoms with Gasteiger partial charge in [0.2, 0.25) is 5.91 Å². The summed E-state index contributed by atoms with van der Waals surface area (Å²) < 4.78 is 0. The molecule has 0 radical (unpaired) electrons. The molecule has 0 saturated heterocycles. The summed E-state index contributed by atoms with van der Waals surface area (Å²) in [5.41, 5.74) is -0.435. The Labute approximate surface area is 123 Å². The maximum absolute atomic E-state index is 12.2. The van der Waals surface area contributed by atoms with Crippen molar-refractivity contribution in [2.75, 3.05) is 0 Å². The van der Waals surface area contributed by atoms with Crippen molar-refractivity contribution in [2.45, 2.75) is 40.2 Å². The van der Waals surface area contributed by atoms with Gasteiger partial charge in [-0.05, 0) is 31.4 Å². The monoisotopic (exact) mass is 295 g/mol. The van der Waals surface area contributed by atoms with E-state index in [4.69, 9.17) is 5.11 Å². The van der Waals surface area contributed by atoms with E-state index in [1.54, 1.807) is 11.3 Å². The van der Waals surface area contributed by atoms with Crippen LogP contribution in [0.3, 0.4) is 0 Å². The summed E-state index contributed by atoms with van der Waals surface area (Å²) in [6.07, 6.45) is 0.787. The minimum Gasteiger partial charge on any atom is -0.481 e. The van der Waals surface area contributed by atoms with Crippen LogP contribution in [0.2, 0.25) is 0 Å². The molecule has 1 heterocycles. The number of nitrogens with one attached hydrogen (secondary N) is 1. The number of hydrogen-bond donors (Lipinski definition) is 2. The molecule has 0 aromatic carbocycles. The Morgan fingerprint density at radius 2 is 2.05 bits per heavy atom. The van der Waals surface area contributed by atoms with Crippen molar-refractivity contribution in [3.05, 3.63) is 21.9 Å². The Balaban J connectivity index is 1.90. The van der Waals surface area contributed by atoms with Crippen molar-refractivity contribution in [3.63, 3.8) is 0 Å². The molecular weight excluding hydrogens is 274 g/mol. The molecular formula is C15H21NO3S. The summed E-state index contributed by atoms with van der Waals surface area (Å²) in [5.74, 6) is -1.98. The van der Waals surface area contributed by atoms with E-state index in [0.29, 0.717) is 0 Å². The van der Waals surface area contributed by atoms with Crippen LogP contribution < -0.4 is 5.32 Å². The molecule has 5 heteroatoms. The van der Waals surface area contributed by atoms with Gasteiger partial charge in [-0.25, -0.2) is 0 Å². The van der Waals surface area contributed by atoms with E-state index in [1.807, 2.05) is 20.8 Å². The summed E-state index contributed by atoms with van der Waals surface area (Å²) in [4.78, 5) is 25.8. The van der Waals surface area contributed by atoms with E-state index in [0.717, 1.165) is 6.42 Å². The van der Waals surface area contributed by atoms with Crippen LogP contribution in [0.15, 0.2) is 12.1 Å². The molecule has 2 N–H and O–H groups in total. The number of aryl methyl sites for hydroxylation is 1. The molecule has 1 saturated carbocycles. The molecule has 1 aliphatic carbocycles. The van der Waals surface area contributed by atoms with Gasteiger partial charge in [-0.2, -0.15) is 0 Å². The van der Waals surface area contributed by atoms with Crippen molar-refractivity contribution in [3.8, 4) is 0 Å². The third kappa shape index (κ3) is 2.87. The van der Waals surface area contributed by atoms with Gasteiger partial charge in [-0.15, -0.1) is 11.3 Å². The Hall–Kier alpha value is -1.36. The lowest BCUT2D eigenvalue weighted by molar-refractivity contribution is -0.140. The molecule has 2 rings (SSSR count). The average Bonchev–Trinajstić information content (AvgIpc) is 2.66. The smallest absolute Gasteiger partial charge is 0.307 e. The number of thiophene rings is 1. The molecule has 0 spiro atoms. The number of rotatable bonds is 5. The number of carbonyl (C=O) groups is 2. The number of hydrogen-bond acceptors (Lipinski definition) is 3. The Bertz CT molecular complexity index is 535.